The molecule has 0 aromatic heterocycles. The minimum absolute atomic E-state index is 0.415. The number of nitrogens with zero attached hydrogens (tertiary/aromatic N) is 1. The van der Waals surface area contributed by atoms with Crippen LogP contribution in [0, 0.1) is 11.8 Å². The molecule has 4 atom stereocenters. The minimum atomic E-state index is 0.415. The van der Waals surface area contributed by atoms with Gasteiger partial charge in [0.15, 0.2) is 0 Å². The predicted molar refractivity (Wildman–Crippen MR) is 51.4 cm³/mol. The molecule has 13 heavy (non-hydrogen) atoms. The van der Waals surface area contributed by atoms with E-state index >= 15 is 0 Å². The van der Waals surface area contributed by atoms with E-state index < -0.39 is 0 Å². The molecule has 3 aliphatic rings. The maximum Gasteiger partial charge on any atom is 0.0474 e. The average molecular weight is 181 g/mol. The first kappa shape index (κ1) is 8.25. The molecule has 2 saturated carbocycles. The molecule has 0 radical (unpaired) electrons. The van der Waals surface area contributed by atoms with E-state index in [0.29, 0.717) is 12.5 Å². The van der Waals surface area contributed by atoms with Gasteiger partial charge in [-0.15, -0.1) is 0 Å². The van der Waals surface area contributed by atoms with Crippen LogP contribution in [0.5, 0.6) is 0 Å². The zero-order chi connectivity index (χ0) is 8.84. The van der Waals surface area contributed by atoms with Gasteiger partial charge in [-0.1, -0.05) is 12.8 Å². The summed E-state index contributed by atoms with van der Waals surface area (Å²) in [4.78, 5) is 2.67. The van der Waals surface area contributed by atoms with Crippen molar-refractivity contribution in [2.45, 2.75) is 44.2 Å². The summed E-state index contributed by atoms with van der Waals surface area (Å²) < 4.78 is 0. The molecule has 74 valence electrons. The summed E-state index contributed by atoms with van der Waals surface area (Å²) in [7, 11) is 0. The third-order valence-corrected chi connectivity index (χ3v) is 4.29. The summed E-state index contributed by atoms with van der Waals surface area (Å²) in [5.41, 5.74) is 0. The topological polar surface area (TPSA) is 23.5 Å². The molecule has 2 unspecified atom stereocenters. The Kier molecular flexibility index (Phi) is 1.88. The Morgan fingerprint density at radius 1 is 1.15 bits per heavy atom. The Labute approximate surface area is 79.9 Å². The van der Waals surface area contributed by atoms with Crippen molar-refractivity contribution >= 4 is 0 Å². The number of rotatable bonds is 2. The molecular weight excluding hydrogens is 162 g/mol. The Balaban J connectivity index is 1.57. The quantitative estimate of drug-likeness (QED) is 0.693. The average Bonchev–Trinajstić information content (AvgIpc) is 2.86. The van der Waals surface area contributed by atoms with Crippen LogP contribution in [-0.4, -0.2) is 35.2 Å². The van der Waals surface area contributed by atoms with Crippen molar-refractivity contribution in [3.63, 3.8) is 0 Å². The van der Waals surface area contributed by atoms with Gasteiger partial charge in [0.05, 0.1) is 0 Å². The minimum Gasteiger partial charge on any atom is -0.396 e. The molecule has 0 aromatic rings. The van der Waals surface area contributed by atoms with Crippen LogP contribution in [-0.2, 0) is 0 Å². The third-order valence-electron chi connectivity index (χ3n) is 4.29. The highest BCUT2D eigenvalue weighted by atomic mass is 16.3. The zero-order valence-corrected chi connectivity index (χ0v) is 8.15. The van der Waals surface area contributed by atoms with Gasteiger partial charge in [0.2, 0.25) is 0 Å². The normalized spacial score (nSPS) is 49.6. The van der Waals surface area contributed by atoms with Crippen molar-refractivity contribution in [2.75, 3.05) is 13.2 Å². The summed E-state index contributed by atoms with van der Waals surface area (Å²) >= 11 is 0. The van der Waals surface area contributed by atoms with E-state index in [4.69, 9.17) is 5.11 Å². The smallest absolute Gasteiger partial charge is 0.0474 e. The van der Waals surface area contributed by atoms with E-state index in [1.807, 2.05) is 0 Å². The molecule has 1 N–H and O–H groups in total. The number of hydrogen-bond donors (Lipinski definition) is 1. The molecule has 0 amide bonds. The molecule has 3 fully saturated rings. The number of likely N-dealkylation sites (tertiary alicyclic amines) is 1. The van der Waals surface area contributed by atoms with Crippen LogP contribution in [0.3, 0.4) is 0 Å². The number of hydrogen-bond acceptors (Lipinski definition) is 2. The van der Waals surface area contributed by atoms with Crippen molar-refractivity contribution in [3.05, 3.63) is 0 Å². The molecule has 0 bridgehead atoms. The Hall–Kier alpha value is -0.0800. The standard InChI is InChI=1S/C11H19NO/c13-7-9-5-11(9)12-6-8-3-1-2-4-10(8)12/h8-11,13H,1-7H2/t8-,9?,10-,11?/m1/s1. The van der Waals surface area contributed by atoms with E-state index in [0.717, 1.165) is 18.0 Å². The Morgan fingerprint density at radius 2 is 2.00 bits per heavy atom. The second-order valence-electron chi connectivity index (χ2n) is 5.05. The van der Waals surface area contributed by atoms with Crippen molar-refractivity contribution < 1.29 is 5.11 Å². The summed E-state index contributed by atoms with van der Waals surface area (Å²) in [5, 5.41) is 9.01. The van der Waals surface area contributed by atoms with Gasteiger partial charge in [0.1, 0.15) is 0 Å². The van der Waals surface area contributed by atoms with E-state index in [1.165, 1.54) is 38.6 Å². The Morgan fingerprint density at radius 3 is 2.69 bits per heavy atom. The first-order chi connectivity index (χ1) is 6.40. The van der Waals surface area contributed by atoms with E-state index in [9.17, 15) is 0 Å². The molecule has 1 heterocycles. The summed E-state index contributed by atoms with van der Waals surface area (Å²) in [6.07, 6.45) is 7.06. The fourth-order valence-electron chi connectivity index (χ4n) is 3.32. The highest BCUT2D eigenvalue weighted by Crippen LogP contribution is 2.46. The second-order valence-corrected chi connectivity index (χ2v) is 5.05. The maximum atomic E-state index is 9.01. The molecule has 1 saturated heterocycles. The highest BCUT2D eigenvalue weighted by Gasteiger charge is 2.51. The lowest BCUT2D eigenvalue weighted by atomic mass is 9.76. The monoisotopic (exact) mass is 181 g/mol. The lowest BCUT2D eigenvalue weighted by Gasteiger charge is -2.51. The second kappa shape index (κ2) is 2.96. The lowest BCUT2D eigenvalue weighted by molar-refractivity contribution is -0.0265. The van der Waals surface area contributed by atoms with Gasteiger partial charge in [-0.05, 0) is 31.1 Å². The van der Waals surface area contributed by atoms with Gasteiger partial charge in [0.25, 0.3) is 0 Å². The molecule has 2 nitrogen and oxygen atoms in total. The molecule has 0 spiro atoms. The van der Waals surface area contributed by atoms with Crippen molar-refractivity contribution in [3.8, 4) is 0 Å². The molecule has 1 aliphatic heterocycles. The van der Waals surface area contributed by atoms with Crippen LogP contribution in [0.15, 0.2) is 0 Å². The van der Waals surface area contributed by atoms with Crippen LogP contribution in [0.2, 0.25) is 0 Å². The van der Waals surface area contributed by atoms with Crippen LogP contribution in [0.4, 0.5) is 0 Å². The van der Waals surface area contributed by atoms with Crippen LogP contribution in [0.25, 0.3) is 0 Å². The number of aliphatic hydroxyl groups excluding tert-OH is 1. The van der Waals surface area contributed by atoms with Crippen LogP contribution in [0.1, 0.15) is 32.1 Å². The van der Waals surface area contributed by atoms with E-state index in [2.05, 4.69) is 4.90 Å². The largest absolute Gasteiger partial charge is 0.396 e. The van der Waals surface area contributed by atoms with Crippen molar-refractivity contribution in [1.29, 1.82) is 0 Å². The molecule has 2 heteroatoms. The van der Waals surface area contributed by atoms with Crippen LogP contribution >= 0.6 is 0 Å². The molecule has 3 rings (SSSR count). The van der Waals surface area contributed by atoms with Crippen molar-refractivity contribution in [2.24, 2.45) is 11.8 Å². The maximum absolute atomic E-state index is 9.01. The fraction of sp³-hybridized carbons (Fsp3) is 1.00. The van der Waals surface area contributed by atoms with Gasteiger partial charge < -0.3 is 5.11 Å². The van der Waals surface area contributed by atoms with Gasteiger partial charge in [-0.25, -0.2) is 0 Å². The zero-order valence-electron chi connectivity index (χ0n) is 8.15. The van der Waals surface area contributed by atoms with Crippen molar-refractivity contribution in [1.82, 2.24) is 4.90 Å². The first-order valence-electron chi connectivity index (χ1n) is 5.77. The predicted octanol–water partition coefficient (Wildman–Crippen LogP) is 1.24. The highest BCUT2D eigenvalue weighted by molar-refractivity contribution is 5.05. The first-order valence-corrected chi connectivity index (χ1v) is 5.77. The third kappa shape index (κ3) is 1.23. The summed E-state index contributed by atoms with van der Waals surface area (Å²) in [5.74, 6) is 1.65. The lowest BCUT2D eigenvalue weighted by Crippen LogP contribution is -2.58. The molecular formula is C11H19NO. The van der Waals surface area contributed by atoms with E-state index in [-0.39, 0.29) is 0 Å². The Bertz CT molecular complexity index is 206. The van der Waals surface area contributed by atoms with Crippen LogP contribution < -0.4 is 0 Å². The molecule has 2 aliphatic carbocycles. The van der Waals surface area contributed by atoms with Gasteiger partial charge in [-0.3, -0.25) is 4.90 Å². The SMILES string of the molecule is OCC1CC1N1C[C@H]2CCCC[C@H]21. The number of aliphatic hydroxyl groups is 1. The van der Waals surface area contributed by atoms with Gasteiger partial charge in [0, 0.05) is 25.2 Å². The van der Waals surface area contributed by atoms with Gasteiger partial charge in [-0.2, -0.15) is 0 Å². The number of fused-ring (bicyclic) bond motifs is 1. The summed E-state index contributed by atoms with van der Waals surface area (Å²) in [6.45, 7) is 1.75. The summed E-state index contributed by atoms with van der Waals surface area (Å²) in [6, 6.07) is 1.68. The molecule has 0 aromatic carbocycles. The fourth-order valence-corrected chi connectivity index (χ4v) is 3.32. The van der Waals surface area contributed by atoms with E-state index in [1.54, 1.807) is 0 Å². The van der Waals surface area contributed by atoms with Gasteiger partial charge >= 0.3 is 0 Å².